The number of fused-ring (bicyclic) bond motifs is 1. The minimum Gasteiger partial charge on any atom is -0.465 e. The molecule has 4 aromatic rings. The van der Waals surface area contributed by atoms with Crippen molar-refractivity contribution in [1.82, 2.24) is 25.1 Å². The SMILES string of the molecule is C[C@@H]1C[C@H](NC(=O)OC(C)(C)C)CN(c2ccncc2NC(=O)c2c(NC(=O)O)oc3cc(-c4cnn(C)c4)cnc23)C1. The molecule has 14 heteroatoms. The van der Waals surface area contributed by atoms with E-state index in [9.17, 15) is 19.5 Å². The summed E-state index contributed by atoms with van der Waals surface area (Å²) in [6, 6.07) is 3.27. The maximum atomic E-state index is 13.7. The van der Waals surface area contributed by atoms with Crippen molar-refractivity contribution in [1.29, 1.82) is 0 Å². The lowest BCUT2D eigenvalue weighted by atomic mass is 9.95. The molecule has 43 heavy (non-hydrogen) atoms. The standard InChI is InChI=1S/C29H34N8O6/c1-16-8-19(33-28(41)43-29(2,3)4)15-37(13-16)21-6-7-30-12-20(21)34-25(38)23-24-22(42-26(23)35-27(39)40)9-17(10-31-24)18-11-32-36(5)14-18/h6-7,9-12,14,16,19,35H,8,13,15H2,1-5H3,(H,33,41)(H,34,38)(H,39,40)/t16-,19+/m1/s1. The van der Waals surface area contributed by atoms with Crippen LogP contribution in [0.5, 0.6) is 0 Å². The number of carbonyl (C=O) groups is 3. The molecule has 0 bridgehead atoms. The number of rotatable bonds is 6. The Hall–Kier alpha value is -5.14. The second-order valence-electron chi connectivity index (χ2n) is 11.6. The highest BCUT2D eigenvalue weighted by Gasteiger charge is 2.30. The first-order valence-electron chi connectivity index (χ1n) is 13.8. The highest BCUT2D eigenvalue weighted by Crippen LogP contribution is 2.34. The van der Waals surface area contributed by atoms with E-state index in [0.717, 1.165) is 12.0 Å². The summed E-state index contributed by atoms with van der Waals surface area (Å²) < 4.78 is 12.8. The molecule has 4 N–H and O–H groups in total. The number of carbonyl (C=O) groups excluding carboxylic acids is 2. The van der Waals surface area contributed by atoms with Crippen molar-refractivity contribution in [3.8, 4) is 11.1 Å². The van der Waals surface area contributed by atoms with Crippen molar-refractivity contribution in [2.75, 3.05) is 28.6 Å². The summed E-state index contributed by atoms with van der Waals surface area (Å²) in [4.78, 5) is 48.4. The van der Waals surface area contributed by atoms with Crippen LogP contribution in [-0.2, 0) is 11.8 Å². The molecule has 1 aliphatic heterocycles. The van der Waals surface area contributed by atoms with E-state index in [1.807, 2.05) is 20.8 Å². The number of alkyl carbamates (subject to hydrolysis) is 1. The van der Waals surface area contributed by atoms with Crippen LogP contribution in [0.1, 0.15) is 44.5 Å². The molecule has 1 fully saturated rings. The Morgan fingerprint density at radius 3 is 2.60 bits per heavy atom. The van der Waals surface area contributed by atoms with Gasteiger partial charge in [0.1, 0.15) is 16.7 Å². The highest BCUT2D eigenvalue weighted by molar-refractivity contribution is 6.16. The molecule has 2 atom stereocenters. The van der Waals surface area contributed by atoms with Gasteiger partial charge in [-0.1, -0.05) is 6.92 Å². The topological polar surface area (TPSA) is 177 Å². The fourth-order valence-corrected chi connectivity index (χ4v) is 5.17. The molecule has 1 saturated heterocycles. The second kappa shape index (κ2) is 11.6. The molecule has 3 amide bonds. The fourth-order valence-electron chi connectivity index (χ4n) is 5.17. The van der Waals surface area contributed by atoms with E-state index >= 15 is 0 Å². The first kappa shape index (κ1) is 29.4. The molecular weight excluding hydrogens is 556 g/mol. The van der Waals surface area contributed by atoms with Crippen molar-refractivity contribution in [2.24, 2.45) is 13.0 Å². The maximum absolute atomic E-state index is 13.7. The second-order valence-corrected chi connectivity index (χ2v) is 11.6. The normalized spacial score (nSPS) is 17.0. The van der Waals surface area contributed by atoms with Crippen molar-refractivity contribution in [2.45, 2.75) is 45.8 Å². The number of amides is 3. The monoisotopic (exact) mass is 590 g/mol. The third-order valence-corrected chi connectivity index (χ3v) is 6.78. The zero-order valence-corrected chi connectivity index (χ0v) is 24.5. The number of aryl methyl sites for hydroxylation is 1. The van der Waals surface area contributed by atoms with Gasteiger partial charge >= 0.3 is 12.2 Å². The summed E-state index contributed by atoms with van der Waals surface area (Å²) in [5.41, 5.74) is 2.29. The third kappa shape index (κ3) is 6.85. The average Bonchev–Trinajstić information content (AvgIpc) is 3.49. The fraction of sp³-hybridized carbons (Fsp3) is 0.379. The largest absolute Gasteiger partial charge is 0.465 e. The zero-order valence-electron chi connectivity index (χ0n) is 24.5. The lowest BCUT2D eigenvalue weighted by molar-refractivity contribution is 0.0495. The van der Waals surface area contributed by atoms with Crippen LogP contribution in [0.2, 0.25) is 0 Å². The highest BCUT2D eigenvalue weighted by atomic mass is 16.6. The predicted molar refractivity (Wildman–Crippen MR) is 159 cm³/mol. The van der Waals surface area contributed by atoms with Crippen LogP contribution < -0.4 is 20.9 Å². The van der Waals surface area contributed by atoms with Gasteiger partial charge < -0.3 is 29.8 Å². The molecule has 4 aromatic heterocycles. The van der Waals surface area contributed by atoms with Crippen molar-refractivity contribution in [3.05, 3.63) is 48.7 Å². The van der Waals surface area contributed by atoms with Crippen LogP contribution in [0.25, 0.3) is 22.2 Å². The molecule has 14 nitrogen and oxygen atoms in total. The predicted octanol–water partition coefficient (Wildman–Crippen LogP) is 4.71. The van der Waals surface area contributed by atoms with Gasteiger partial charge in [-0.05, 0) is 45.2 Å². The molecule has 0 saturated carbocycles. The van der Waals surface area contributed by atoms with Gasteiger partial charge in [0.15, 0.2) is 5.58 Å². The van der Waals surface area contributed by atoms with E-state index in [0.29, 0.717) is 30.0 Å². The van der Waals surface area contributed by atoms with Gasteiger partial charge in [0.25, 0.3) is 5.91 Å². The van der Waals surface area contributed by atoms with Crippen LogP contribution in [0, 0.1) is 5.92 Å². The van der Waals surface area contributed by atoms with Gasteiger partial charge in [-0.2, -0.15) is 5.10 Å². The first-order valence-corrected chi connectivity index (χ1v) is 13.8. The van der Waals surface area contributed by atoms with Gasteiger partial charge in [0.05, 0.1) is 23.8 Å². The number of piperidine rings is 1. The molecular formula is C29H34N8O6. The summed E-state index contributed by atoms with van der Waals surface area (Å²) in [7, 11) is 1.79. The Labute approximate surface area is 247 Å². The molecule has 0 radical (unpaired) electrons. The van der Waals surface area contributed by atoms with Gasteiger partial charge in [-0.3, -0.25) is 24.8 Å². The number of carboxylic acid groups (broad SMARTS) is 1. The molecule has 226 valence electrons. The smallest absolute Gasteiger partial charge is 0.411 e. The number of ether oxygens (including phenoxy) is 1. The minimum absolute atomic E-state index is 0.0681. The summed E-state index contributed by atoms with van der Waals surface area (Å²) in [5, 5.41) is 21.6. The first-order chi connectivity index (χ1) is 20.4. The molecule has 5 rings (SSSR count). The Bertz CT molecular complexity index is 1670. The van der Waals surface area contributed by atoms with Crippen LogP contribution in [0.15, 0.2) is 47.5 Å². The zero-order chi connectivity index (χ0) is 30.9. The lowest BCUT2D eigenvalue weighted by Crippen LogP contribution is -2.51. The van der Waals surface area contributed by atoms with E-state index in [-0.39, 0.29) is 34.5 Å². The Morgan fingerprint density at radius 2 is 1.91 bits per heavy atom. The molecule has 5 heterocycles. The number of aromatic nitrogens is 4. The minimum atomic E-state index is -1.39. The Balaban J connectivity index is 1.42. The van der Waals surface area contributed by atoms with Gasteiger partial charge in [-0.25, -0.2) is 9.59 Å². The van der Waals surface area contributed by atoms with Crippen LogP contribution in [0.4, 0.5) is 26.8 Å². The van der Waals surface area contributed by atoms with E-state index in [1.165, 1.54) is 6.20 Å². The van der Waals surface area contributed by atoms with Gasteiger partial charge in [0, 0.05) is 55.9 Å². The number of hydrogen-bond donors (Lipinski definition) is 4. The summed E-state index contributed by atoms with van der Waals surface area (Å²) >= 11 is 0. The molecule has 0 aromatic carbocycles. The maximum Gasteiger partial charge on any atom is 0.411 e. The number of hydrogen-bond acceptors (Lipinski definition) is 9. The van der Waals surface area contributed by atoms with Crippen LogP contribution >= 0.6 is 0 Å². The lowest BCUT2D eigenvalue weighted by Gasteiger charge is -2.39. The Kier molecular flexibility index (Phi) is 7.93. The summed E-state index contributed by atoms with van der Waals surface area (Å²) in [6.07, 6.45) is 7.05. The number of furan rings is 1. The van der Waals surface area contributed by atoms with Crippen LogP contribution in [0.3, 0.4) is 0 Å². The summed E-state index contributed by atoms with van der Waals surface area (Å²) in [5.74, 6) is -0.658. The van der Waals surface area contributed by atoms with Crippen molar-refractivity contribution < 1.29 is 28.6 Å². The molecule has 0 aliphatic carbocycles. The quantitative estimate of drug-likeness (QED) is 0.246. The summed E-state index contributed by atoms with van der Waals surface area (Å²) in [6.45, 7) is 8.68. The Morgan fingerprint density at radius 1 is 1.12 bits per heavy atom. The number of nitrogens with one attached hydrogen (secondary N) is 3. The number of nitrogens with zero attached hydrogens (tertiary/aromatic N) is 5. The van der Waals surface area contributed by atoms with Gasteiger partial charge in [0.2, 0.25) is 5.88 Å². The molecule has 0 unspecified atom stereocenters. The molecule has 1 aliphatic rings. The van der Waals surface area contributed by atoms with Gasteiger partial charge in [-0.15, -0.1) is 0 Å². The van der Waals surface area contributed by atoms with E-state index in [4.69, 9.17) is 9.15 Å². The average molecular weight is 591 g/mol. The van der Waals surface area contributed by atoms with E-state index < -0.39 is 23.7 Å². The third-order valence-electron chi connectivity index (χ3n) is 6.78. The number of anilines is 3. The van der Waals surface area contributed by atoms with Crippen LogP contribution in [-0.4, -0.2) is 67.7 Å². The van der Waals surface area contributed by atoms with Crippen molar-refractivity contribution in [3.63, 3.8) is 0 Å². The van der Waals surface area contributed by atoms with E-state index in [2.05, 4.69) is 42.8 Å². The van der Waals surface area contributed by atoms with E-state index in [1.54, 1.807) is 48.6 Å². The molecule has 0 spiro atoms. The van der Waals surface area contributed by atoms with Crippen molar-refractivity contribution >= 4 is 46.5 Å². The number of pyridine rings is 2.